The van der Waals surface area contributed by atoms with Crippen LogP contribution in [-0.2, 0) is 9.53 Å². The highest BCUT2D eigenvalue weighted by atomic mass is 16.6. The molecule has 1 N–H and O–H groups in total. The molecule has 0 spiro atoms. The molecule has 2 rings (SSSR count). The summed E-state index contributed by atoms with van der Waals surface area (Å²) in [6.07, 6.45) is 1.34. The number of fused-ring (bicyclic) bond motifs is 1. The fourth-order valence-corrected chi connectivity index (χ4v) is 1.72. The second-order valence-corrected chi connectivity index (χ2v) is 3.74. The molecular formula is C12H10N2O5. The number of Topliss-reactive ketones (excluding diaryl/α,β-unsaturated/α-hetero) is 1. The topological polar surface area (TPSA) is 102 Å². The Kier molecular flexibility index (Phi) is 3.28. The number of nitro groups is 1. The zero-order valence-corrected chi connectivity index (χ0v) is 10.0. The number of nitro benzene ring substituents is 1. The van der Waals surface area contributed by atoms with Gasteiger partial charge in [0.05, 0.1) is 17.1 Å². The lowest BCUT2D eigenvalue weighted by Gasteiger charge is -1.99. The highest BCUT2D eigenvalue weighted by Gasteiger charge is 2.22. The highest BCUT2D eigenvalue weighted by Crippen LogP contribution is 2.24. The molecule has 0 saturated heterocycles. The number of ketones is 1. The first kappa shape index (κ1) is 12.7. The summed E-state index contributed by atoms with van der Waals surface area (Å²) in [5.74, 6) is -1.80. The second kappa shape index (κ2) is 4.89. The molecule has 0 amide bonds. The zero-order valence-electron chi connectivity index (χ0n) is 10.0. The van der Waals surface area contributed by atoms with E-state index in [1.807, 2.05) is 0 Å². The van der Waals surface area contributed by atoms with Crippen LogP contribution in [-0.4, -0.2) is 28.3 Å². The van der Waals surface area contributed by atoms with Crippen LogP contribution in [0.2, 0.25) is 0 Å². The molecule has 0 radical (unpaired) electrons. The molecule has 0 bridgehead atoms. The molecule has 1 aromatic carbocycles. The van der Waals surface area contributed by atoms with Crippen LogP contribution in [0, 0.1) is 10.1 Å². The number of nitrogens with zero attached hydrogens (tertiary/aromatic N) is 1. The van der Waals surface area contributed by atoms with Gasteiger partial charge in [0.25, 0.3) is 11.5 Å². The molecule has 0 aliphatic carbocycles. The van der Waals surface area contributed by atoms with Crippen LogP contribution in [0.4, 0.5) is 5.69 Å². The van der Waals surface area contributed by atoms with Gasteiger partial charge >= 0.3 is 5.97 Å². The molecule has 0 saturated carbocycles. The summed E-state index contributed by atoms with van der Waals surface area (Å²) < 4.78 is 4.62. The van der Waals surface area contributed by atoms with Gasteiger partial charge in [-0.25, -0.2) is 4.79 Å². The summed E-state index contributed by atoms with van der Waals surface area (Å²) >= 11 is 0. The van der Waals surface area contributed by atoms with Gasteiger partial charge in [0.15, 0.2) is 0 Å². The summed E-state index contributed by atoms with van der Waals surface area (Å²) in [4.78, 5) is 36.1. The van der Waals surface area contributed by atoms with Crippen molar-refractivity contribution in [3.8, 4) is 0 Å². The van der Waals surface area contributed by atoms with E-state index in [4.69, 9.17) is 0 Å². The lowest BCUT2D eigenvalue weighted by molar-refractivity contribution is -0.384. The van der Waals surface area contributed by atoms with Crippen molar-refractivity contribution in [2.24, 2.45) is 0 Å². The van der Waals surface area contributed by atoms with Crippen molar-refractivity contribution >= 4 is 28.3 Å². The van der Waals surface area contributed by atoms with Gasteiger partial charge in [-0.3, -0.25) is 14.9 Å². The van der Waals surface area contributed by atoms with Crippen molar-refractivity contribution in [1.82, 2.24) is 4.98 Å². The molecule has 0 fully saturated rings. The zero-order chi connectivity index (χ0) is 14.0. The first-order valence-electron chi connectivity index (χ1n) is 5.51. The van der Waals surface area contributed by atoms with Gasteiger partial charge in [-0.05, 0) is 13.0 Å². The Bertz CT molecular complexity index is 674. The van der Waals surface area contributed by atoms with E-state index in [0.29, 0.717) is 10.9 Å². The van der Waals surface area contributed by atoms with Crippen molar-refractivity contribution < 1.29 is 19.2 Å². The number of aromatic nitrogens is 1. The third-order valence-corrected chi connectivity index (χ3v) is 2.58. The molecule has 1 aromatic heterocycles. The molecule has 0 aliphatic rings. The third-order valence-electron chi connectivity index (χ3n) is 2.58. The van der Waals surface area contributed by atoms with E-state index < -0.39 is 16.7 Å². The van der Waals surface area contributed by atoms with Crippen LogP contribution in [0.1, 0.15) is 17.3 Å². The van der Waals surface area contributed by atoms with Crippen molar-refractivity contribution in [1.29, 1.82) is 0 Å². The maximum absolute atomic E-state index is 11.8. The molecule has 2 aromatic rings. The van der Waals surface area contributed by atoms with E-state index in [-0.39, 0.29) is 17.9 Å². The van der Waals surface area contributed by atoms with Crippen LogP contribution < -0.4 is 0 Å². The number of rotatable bonds is 4. The van der Waals surface area contributed by atoms with Gasteiger partial charge in [-0.1, -0.05) is 0 Å². The first-order chi connectivity index (χ1) is 9.04. The number of hydrogen-bond acceptors (Lipinski definition) is 5. The normalized spacial score (nSPS) is 10.4. The monoisotopic (exact) mass is 262 g/mol. The largest absolute Gasteiger partial charge is 0.460 e. The summed E-state index contributed by atoms with van der Waals surface area (Å²) in [6.45, 7) is 1.68. The number of nitrogens with one attached hydrogen (secondary N) is 1. The Morgan fingerprint density at radius 3 is 2.79 bits per heavy atom. The quantitative estimate of drug-likeness (QED) is 0.297. The fraction of sp³-hybridized carbons (Fsp3) is 0.167. The van der Waals surface area contributed by atoms with Gasteiger partial charge in [0.1, 0.15) is 0 Å². The molecule has 19 heavy (non-hydrogen) atoms. The standard InChI is InChI=1S/C12H10N2O5/c1-2-19-12(16)11(15)9-6-13-10-4-3-7(14(17)18)5-8(9)10/h3-6,13H,2H2,1H3. The Morgan fingerprint density at radius 1 is 1.42 bits per heavy atom. The average molecular weight is 262 g/mol. The maximum atomic E-state index is 11.8. The molecule has 1 heterocycles. The summed E-state index contributed by atoms with van der Waals surface area (Å²) in [5, 5.41) is 11.0. The van der Waals surface area contributed by atoms with Gasteiger partial charge in [-0.15, -0.1) is 0 Å². The van der Waals surface area contributed by atoms with Crippen LogP contribution in [0.3, 0.4) is 0 Å². The van der Waals surface area contributed by atoms with Gasteiger partial charge in [0, 0.05) is 29.2 Å². The molecular weight excluding hydrogens is 252 g/mol. The van der Waals surface area contributed by atoms with E-state index in [0.717, 1.165) is 0 Å². The number of carbonyl (C=O) groups excluding carboxylic acids is 2. The minimum Gasteiger partial charge on any atom is -0.460 e. The number of esters is 1. The summed E-state index contributed by atoms with van der Waals surface area (Å²) in [6, 6.07) is 4.05. The highest BCUT2D eigenvalue weighted by molar-refractivity contribution is 6.43. The number of benzene rings is 1. The SMILES string of the molecule is CCOC(=O)C(=O)c1c[nH]c2ccc([N+](=O)[O-])cc12. The van der Waals surface area contributed by atoms with Crippen molar-refractivity contribution in [2.45, 2.75) is 6.92 Å². The van der Waals surface area contributed by atoms with E-state index in [1.54, 1.807) is 6.92 Å². The number of ether oxygens (including phenoxy) is 1. The average Bonchev–Trinajstić information content (AvgIpc) is 2.80. The van der Waals surface area contributed by atoms with Gasteiger partial charge < -0.3 is 9.72 Å². The lowest BCUT2D eigenvalue weighted by Crippen LogP contribution is -2.17. The van der Waals surface area contributed by atoms with Gasteiger partial charge in [0.2, 0.25) is 0 Å². The predicted octanol–water partition coefficient (Wildman–Crippen LogP) is 1.82. The lowest BCUT2D eigenvalue weighted by atomic mass is 10.1. The summed E-state index contributed by atoms with van der Waals surface area (Å²) in [7, 11) is 0. The van der Waals surface area contributed by atoms with Crippen molar-refractivity contribution in [3.63, 3.8) is 0 Å². The Hall–Kier alpha value is -2.70. The smallest absolute Gasteiger partial charge is 0.379 e. The minimum absolute atomic E-state index is 0.0668. The fourth-order valence-electron chi connectivity index (χ4n) is 1.72. The van der Waals surface area contributed by atoms with E-state index >= 15 is 0 Å². The number of aromatic amines is 1. The van der Waals surface area contributed by atoms with Crippen LogP contribution in [0.5, 0.6) is 0 Å². The van der Waals surface area contributed by atoms with Crippen LogP contribution >= 0.6 is 0 Å². The molecule has 0 unspecified atom stereocenters. The molecule has 98 valence electrons. The van der Waals surface area contributed by atoms with E-state index in [9.17, 15) is 19.7 Å². The van der Waals surface area contributed by atoms with Crippen molar-refractivity contribution in [2.75, 3.05) is 6.61 Å². The summed E-state index contributed by atoms with van der Waals surface area (Å²) in [5.41, 5.74) is 0.459. The van der Waals surface area contributed by atoms with Crippen LogP contribution in [0.25, 0.3) is 10.9 Å². The first-order valence-corrected chi connectivity index (χ1v) is 5.51. The number of non-ortho nitro benzene ring substituents is 1. The van der Waals surface area contributed by atoms with Gasteiger partial charge in [-0.2, -0.15) is 0 Å². The number of H-pyrrole nitrogens is 1. The second-order valence-electron chi connectivity index (χ2n) is 3.74. The Morgan fingerprint density at radius 2 is 2.16 bits per heavy atom. The van der Waals surface area contributed by atoms with E-state index in [2.05, 4.69) is 9.72 Å². The third kappa shape index (κ3) is 2.30. The Labute approximate surface area is 107 Å². The number of carbonyl (C=O) groups is 2. The molecule has 0 atom stereocenters. The predicted molar refractivity (Wildman–Crippen MR) is 65.9 cm³/mol. The van der Waals surface area contributed by atoms with E-state index in [1.165, 1.54) is 24.4 Å². The molecule has 7 heteroatoms. The molecule has 0 aliphatic heterocycles. The van der Waals surface area contributed by atoms with Crippen LogP contribution in [0.15, 0.2) is 24.4 Å². The Balaban J connectivity index is 2.49. The number of hydrogen-bond donors (Lipinski definition) is 1. The minimum atomic E-state index is -0.977. The maximum Gasteiger partial charge on any atom is 0.379 e. The molecule has 7 nitrogen and oxygen atoms in total. The van der Waals surface area contributed by atoms with Crippen molar-refractivity contribution in [3.05, 3.63) is 40.1 Å².